The van der Waals surface area contributed by atoms with Crippen LogP contribution in [0.3, 0.4) is 0 Å². The summed E-state index contributed by atoms with van der Waals surface area (Å²) in [5.74, 6) is 0. The van der Waals surface area contributed by atoms with Gasteiger partial charge in [-0.25, -0.2) is 9.18 Å². The topological polar surface area (TPSA) is 44.8 Å². The molecule has 0 rings (SSSR count). The third-order valence-corrected chi connectivity index (χ3v) is 0.591. The highest BCUT2D eigenvalue weighted by atomic mass is 19.3. The van der Waals surface area contributed by atoms with Crippen molar-refractivity contribution in [3.05, 3.63) is 0 Å². The standard InChI is InChI=1S/C4H5F3O4/c1-9-3(8)11-4(6,7)10-2-5/h2H2,1H3. The van der Waals surface area contributed by atoms with Gasteiger partial charge >= 0.3 is 12.5 Å². The molecule has 0 radical (unpaired) electrons. The van der Waals surface area contributed by atoms with Crippen LogP contribution in [0.15, 0.2) is 0 Å². The van der Waals surface area contributed by atoms with Crippen molar-refractivity contribution in [1.82, 2.24) is 0 Å². The van der Waals surface area contributed by atoms with Crippen LogP contribution >= 0.6 is 0 Å². The van der Waals surface area contributed by atoms with Gasteiger partial charge in [0.15, 0.2) is 6.86 Å². The van der Waals surface area contributed by atoms with Crippen LogP contribution in [-0.4, -0.2) is 26.4 Å². The second-order valence-electron chi connectivity index (χ2n) is 1.27. The van der Waals surface area contributed by atoms with E-state index in [9.17, 15) is 18.0 Å². The maximum atomic E-state index is 11.9. The van der Waals surface area contributed by atoms with Crippen LogP contribution in [0.4, 0.5) is 18.0 Å². The fraction of sp³-hybridized carbons (Fsp3) is 0.750. The van der Waals surface area contributed by atoms with Crippen molar-refractivity contribution in [3.8, 4) is 0 Å². The van der Waals surface area contributed by atoms with Gasteiger partial charge < -0.3 is 9.47 Å². The first-order chi connectivity index (χ1) is 5.02. The average molecular weight is 174 g/mol. The van der Waals surface area contributed by atoms with Crippen molar-refractivity contribution in [2.45, 2.75) is 6.29 Å². The van der Waals surface area contributed by atoms with E-state index in [1.165, 1.54) is 0 Å². The Morgan fingerprint density at radius 3 is 2.45 bits per heavy atom. The van der Waals surface area contributed by atoms with E-state index < -0.39 is 19.3 Å². The summed E-state index contributed by atoms with van der Waals surface area (Å²) in [6, 6.07) is 0. The molecule has 0 aromatic heterocycles. The molecule has 0 aliphatic heterocycles. The predicted octanol–water partition coefficient (Wildman–Crippen LogP) is 1.26. The van der Waals surface area contributed by atoms with E-state index >= 15 is 0 Å². The van der Waals surface area contributed by atoms with Crippen LogP contribution in [0.5, 0.6) is 0 Å². The highest BCUT2D eigenvalue weighted by Gasteiger charge is 2.36. The molecule has 7 heteroatoms. The van der Waals surface area contributed by atoms with E-state index in [1.54, 1.807) is 0 Å². The third kappa shape index (κ3) is 4.43. The highest BCUT2D eigenvalue weighted by molar-refractivity contribution is 5.59. The van der Waals surface area contributed by atoms with E-state index in [0.717, 1.165) is 7.11 Å². The Morgan fingerprint density at radius 2 is 2.09 bits per heavy atom. The fourth-order valence-corrected chi connectivity index (χ4v) is 0.232. The number of hydrogen-bond donors (Lipinski definition) is 0. The van der Waals surface area contributed by atoms with Crippen LogP contribution in [0.2, 0.25) is 0 Å². The maximum Gasteiger partial charge on any atom is 0.542 e. The van der Waals surface area contributed by atoms with Crippen molar-refractivity contribution in [3.63, 3.8) is 0 Å². The molecule has 66 valence electrons. The molecule has 0 heterocycles. The summed E-state index contributed by atoms with van der Waals surface area (Å²) >= 11 is 0. The van der Waals surface area contributed by atoms with E-state index in [1.807, 2.05) is 0 Å². The Balaban J connectivity index is 3.80. The van der Waals surface area contributed by atoms with Gasteiger partial charge in [0.2, 0.25) is 0 Å². The monoisotopic (exact) mass is 174 g/mol. The molecule has 0 atom stereocenters. The van der Waals surface area contributed by atoms with E-state index in [-0.39, 0.29) is 0 Å². The molecule has 0 bridgehead atoms. The van der Waals surface area contributed by atoms with Crippen LogP contribution in [0.25, 0.3) is 0 Å². The minimum atomic E-state index is -4.28. The van der Waals surface area contributed by atoms with E-state index in [2.05, 4.69) is 14.2 Å². The molecule has 0 saturated carbocycles. The first-order valence-electron chi connectivity index (χ1n) is 2.36. The maximum absolute atomic E-state index is 11.9. The number of halogens is 3. The number of carbonyl (C=O) groups is 1. The van der Waals surface area contributed by atoms with Gasteiger partial charge in [-0.2, -0.15) is 0 Å². The average Bonchev–Trinajstić information content (AvgIpc) is 1.86. The summed E-state index contributed by atoms with van der Waals surface area (Å²) in [7, 11) is 0.827. The SMILES string of the molecule is COC(=O)OC(F)(F)OCF. The molecule has 0 unspecified atom stereocenters. The normalized spacial score (nSPS) is 10.9. The lowest BCUT2D eigenvalue weighted by molar-refractivity contribution is -0.380. The number of ether oxygens (including phenoxy) is 3. The molecule has 0 aliphatic carbocycles. The Labute approximate surface area is 59.8 Å². The molecule has 0 saturated heterocycles. The van der Waals surface area contributed by atoms with Gasteiger partial charge in [-0.3, -0.25) is 4.74 Å². The second-order valence-corrected chi connectivity index (χ2v) is 1.27. The van der Waals surface area contributed by atoms with Gasteiger partial charge in [0.1, 0.15) is 0 Å². The Hall–Kier alpha value is -0.980. The van der Waals surface area contributed by atoms with Crippen LogP contribution < -0.4 is 0 Å². The Kier molecular flexibility index (Phi) is 3.66. The van der Waals surface area contributed by atoms with Crippen LogP contribution in [-0.2, 0) is 14.2 Å². The molecular weight excluding hydrogens is 169 g/mol. The van der Waals surface area contributed by atoms with E-state index in [4.69, 9.17) is 0 Å². The zero-order chi connectivity index (χ0) is 8.91. The number of alkyl halides is 3. The zero-order valence-electron chi connectivity index (χ0n) is 5.47. The number of rotatable bonds is 3. The minimum Gasteiger partial charge on any atom is -0.437 e. The summed E-state index contributed by atoms with van der Waals surface area (Å²) in [4.78, 5) is 9.98. The minimum absolute atomic E-state index is 0.827. The van der Waals surface area contributed by atoms with Crippen LogP contribution in [0, 0.1) is 0 Å². The van der Waals surface area contributed by atoms with Crippen molar-refractivity contribution >= 4 is 6.16 Å². The van der Waals surface area contributed by atoms with Gasteiger partial charge in [0.05, 0.1) is 7.11 Å². The lowest BCUT2D eigenvalue weighted by Crippen LogP contribution is -2.28. The molecule has 0 spiro atoms. The van der Waals surface area contributed by atoms with Crippen molar-refractivity contribution in [1.29, 1.82) is 0 Å². The highest BCUT2D eigenvalue weighted by Crippen LogP contribution is 2.17. The number of hydrogen-bond acceptors (Lipinski definition) is 4. The van der Waals surface area contributed by atoms with Crippen molar-refractivity contribution in [2.24, 2.45) is 0 Å². The fourth-order valence-electron chi connectivity index (χ4n) is 0.232. The quantitative estimate of drug-likeness (QED) is 0.477. The van der Waals surface area contributed by atoms with Crippen molar-refractivity contribution < 1.29 is 32.2 Å². The lowest BCUT2D eigenvalue weighted by atomic mass is 11.1. The van der Waals surface area contributed by atoms with Gasteiger partial charge in [-0.15, -0.1) is 8.78 Å². The predicted molar refractivity (Wildman–Crippen MR) is 25.5 cm³/mol. The van der Waals surface area contributed by atoms with E-state index in [0.29, 0.717) is 0 Å². The molecule has 0 aromatic rings. The smallest absolute Gasteiger partial charge is 0.437 e. The van der Waals surface area contributed by atoms with Gasteiger partial charge in [0, 0.05) is 0 Å². The third-order valence-electron chi connectivity index (χ3n) is 0.591. The first-order valence-corrected chi connectivity index (χ1v) is 2.36. The van der Waals surface area contributed by atoms with Gasteiger partial charge in [-0.1, -0.05) is 0 Å². The second kappa shape index (κ2) is 4.02. The molecule has 0 fully saturated rings. The Bertz CT molecular complexity index is 137. The van der Waals surface area contributed by atoms with Crippen LogP contribution in [0.1, 0.15) is 0 Å². The molecule has 0 aliphatic rings. The first kappa shape index (κ1) is 10.0. The molecule has 0 amide bonds. The summed E-state index contributed by atoms with van der Waals surface area (Å²) in [6.07, 6.45) is -5.93. The summed E-state index contributed by atoms with van der Waals surface area (Å²) < 4.78 is 44.8. The summed E-state index contributed by atoms with van der Waals surface area (Å²) in [5.41, 5.74) is 0. The molecule has 11 heavy (non-hydrogen) atoms. The number of methoxy groups -OCH3 is 1. The molecule has 4 nitrogen and oxygen atoms in total. The molecular formula is C4H5F3O4. The lowest BCUT2D eigenvalue weighted by Gasteiger charge is -2.12. The molecule has 0 aromatic carbocycles. The van der Waals surface area contributed by atoms with Gasteiger partial charge in [0.25, 0.3) is 0 Å². The number of carbonyl (C=O) groups excluding carboxylic acids is 1. The van der Waals surface area contributed by atoms with Crippen molar-refractivity contribution in [2.75, 3.05) is 14.0 Å². The largest absolute Gasteiger partial charge is 0.542 e. The summed E-state index contributed by atoms with van der Waals surface area (Å²) in [6.45, 7) is -1.76. The Morgan fingerprint density at radius 1 is 1.55 bits per heavy atom. The van der Waals surface area contributed by atoms with Gasteiger partial charge in [-0.05, 0) is 0 Å². The zero-order valence-corrected chi connectivity index (χ0v) is 5.47. The molecule has 0 N–H and O–H groups in total. The summed E-state index contributed by atoms with van der Waals surface area (Å²) in [5, 5.41) is 0.